The summed E-state index contributed by atoms with van der Waals surface area (Å²) in [5, 5.41) is 0. The Morgan fingerprint density at radius 1 is 1.12 bits per heavy atom. The van der Waals surface area contributed by atoms with E-state index >= 15 is 0 Å². The molecule has 1 aromatic carbocycles. The predicted octanol–water partition coefficient (Wildman–Crippen LogP) is 4.70. The minimum absolute atomic E-state index is 1.11. The number of allylic oxidation sites excluding steroid dienone is 5. The Morgan fingerprint density at radius 3 is 2.38 bits per heavy atom. The van der Waals surface area contributed by atoms with E-state index in [-0.39, 0.29) is 0 Å². The molecular weight excluding hydrogens is 192 g/mol. The van der Waals surface area contributed by atoms with Gasteiger partial charge < -0.3 is 0 Å². The van der Waals surface area contributed by atoms with Crippen molar-refractivity contribution in [2.75, 3.05) is 0 Å². The Kier molecular flexibility index (Phi) is 4.53. The third-order valence-electron chi connectivity index (χ3n) is 2.61. The molecule has 0 saturated carbocycles. The van der Waals surface area contributed by atoms with Crippen molar-refractivity contribution in [2.45, 2.75) is 13.8 Å². The van der Waals surface area contributed by atoms with Crippen LogP contribution in [0.15, 0.2) is 66.8 Å². The second-order valence-electron chi connectivity index (χ2n) is 3.74. The molecular formula is C16H18. The van der Waals surface area contributed by atoms with Crippen molar-refractivity contribution >= 4 is 6.08 Å². The first kappa shape index (κ1) is 12.3. The van der Waals surface area contributed by atoms with Crippen molar-refractivity contribution in [2.24, 2.45) is 0 Å². The van der Waals surface area contributed by atoms with Crippen LogP contribution in [0.1, 0.15) is 18.1 Å². The lowest BCUT2D eigenvalue weighted by Gasteiger charge is -2.00. The minimum Gasteiger partial charge on any atom is -0.0988 e. The standard InChI is InChI=1S/C16H18/c1-5-13(3)15(6-2)11-12-16-10-8-7-9-14(16)4/h5-12H,1-2H2,3-4H3/b12-11+,15-13+. The molecule has 0 atom stereocenters. The molecule has 16 heavy (non-hydrogen) atoms. The van der Waals surface area contributed by atoms with Crippen LogP contribution >= 0.6 is 0 Å². The lowest BCUT2D eigenvalue weighted by atomic mass is 10.0. The van der Waals surface area contributed by atoms with Gasteiger partial charge in [0.15, 0.2) is 0 Å². The van der Waals surface area contributed by atoms with Crippen LogP contribution in [-0.4, -0.2) is 0 Å². The first-order chi connectivity index (χ1) is 7.69. The number of aryl methyl sites for hydroxylation is 1. The van der Waals surface area contributed by atoms with Gasteiger partial charge in [-0.2, -0.15) is 0 Å². The predicted molar refractivity (Wildman–Crippen MR) is 73.3 cm³/mol. The van der Waals surface area contributed by atoms with E-state index in [0.717, 1.165) is 11.1 Å². The Bertz CT molecular complexity index is 445. The highest BCUT2D eigenvalue weighted by atomic mass is 14.0. The Balaban J connectivity index is 3.01. The topological polar surface area (TPSA) is 0 Å². The van der Waals surface area contributed by atoms with E-state index in [4.69, 9.17) is 0 Å². The molecule has 0 heteroatoms. The van der Waals surface area contributed by atoms with Crippen molar-refractivity contribution in [1.29, 1.82) is 0 Å². The summed E-state index contributed by atoms with van der Waals surface area (Å²) in [5.41, 5.74) is 4.76. The number of hydrogen-bond acceptors (Lipinski definition) is 0. The quantitative estimate of drug-likeness (QED) is 0.632. The summed E-state index contributed by atoms with van der Waals surface area (Å²) in [5.74, 6) is 0. The van der Waals surface area contributed by atoms with Gasteiger partial charge in [0.05, 0.1) is 0 Å². The van der Waals surface area contributed by atoms with Crippen LogP contribution in [0, 0.1) is 6.92 Å². The molecule has 1 aromatic rings. The minimum atomic E-state index is 1.11. The first-order valence-corrected chi connectivity index (χ1v) is 5.38. The third-order valence-corrected chi connectivity index (χ3v) is 2.61. The van der Waals surface area contributed by atoms with Gasteiger partial charge in [0, 0.05) is 0 Å². The van der Waals surface area contributed by atoms with Gasteiger partial charge in [0.1, 0.15) is 0 Å². The number of hydrogen-bond donors (Lipinski definition) is 0. The fraction of sp³-hybridized carbons (Fsp3) is 0.125. The molecule has 0 saturated heterocycles. The molecule has 0 aliphatic carbocycles. The van der Waals surface area contributed by atoms with Crippen LogP contribution < -0.4 is 0 Å². The lowest BCUT2D eigenvalue weighted by Crippen LogP contribution is -1.80. The Labute approximate surface area is 98.3 Å². The van der Waals surface area contributed by atoms with Gasteiger partial charge in [-0.05, 0) is 36.1 Å². The zero-order valence-corrected chi connectivity index (χ0v) is 10.0. The SMILES string of the molecule is C=C/C(C)=C(C=C)/C=C/c1ccccc1C. The maximum atomic E-state index is 3.81. The molecule has 0 N–H and O–H groups in total. The fourth-order valence-corrected chi connectivity index (χ4v) is 1.43. The van der Waals surface area contributed by atoms with Crippen molar-refractivity contribution in [3.63, 3.8) is 0 Å². The van der Waals surface area contributed by atoms with Gasteiger partial charge in [-0.3, -0.25) is 0 Å². The zero-order chi connectivity index (χ0) is 12.0. The zero-order valence-electron chi connectivity index (χ0n) is 10.0. The van der Waals surface area contributed by atoms with Crippen LogP contribution in [0.3, 0.4) is 0 Å². The molecule has 0 amide bonds. The van der Waals surface area contributed by atoms with Gasteiger partial charge in [-0.25, -0.2) is 0 Å². The second kappa shape index (κ2) is 5.92. The van der Waals surface area contributed by atoms with Crippen molar-refractivity contribution in [3.05, 3.63) is 77.9 Å². The summed E-state index contributed by atoms with van der Waals surface area (Å²) in [6.07, 6.45) is 7.89. The normalized spacial score (nSPS) is 12.4. The molecule has 0 aromatic heterocycles. The number of benzene rings is 1. The Morgan fingerprint density at radius 2 is 1.81 bits per heavy atom. The van der Waals surface area contributed by atoms with E-state index in [2.05, 4.69) is 44.4 Å². The lowest BCUT2D eigenvalue weighted by molar-refractivity contribution is 1.43. The molecule has 0 aliphatic rings. The molecule has 1 rings (SSSR count). The van der Waals surface area contributed by atoms with Crippen LogP contribution in [0.25, 0.3) is 6.08 Å². The molecule has 0 unspecified atom stereocenters. The molecule has 0 spiro atoms. The average Bonchev–Trinajstić information content (AvgIpc) is 2.31. The summed E-state index contributed by atoms with van der Waals surface area (Å²) in [6, 6.07) is 8.31. The third kappa shape index (κ3) is 3.09. The van der Waals surface area contributed by atoms with Crippen LogP contribution in [0.4, 0.5) is 0 Å². The van der Waals surface area contributed by atoms with E-state index in [9.17, 15) is 0 Å². The van der Waals surface area contributed by atoms with Gasteiger partial charge in [0.25, 0.3) is 0 Å². The maximum absolute atomic E-state index is 3.81. The molecule has 0 aliphatic heterocycles. The first-order valence-electron chi connectivity index (χ1n) is 5.38. The van der Waals surface area contributed by atoms with Crippen molar-refractivity contribution in [1.82, 2.24) is 0 Å². The summed E-state index contributed by atoms with van der Waals surface area (Å²) in [4.78, 5) is 0. The van der Waals surface area contributed by atoms with Crippen LogP contribution in [0.2, 0.25) is 0 Å². The van der Waals surface area contributed by atoms with Gasteiger partial charge in [0.2, 0.25) is 0 Å². The monoisotopic (exact) mass is 210 g/mol. The van der Waals surface area contributed by atoms with Gasteiger partial charge in [-0.15, -0.1) is 0 Å². The smallest absolute Gasteiger partial charge is 0.0227 e. The van der Waals surface area contributed by atoms with Crippen molar-refractivity contribution in [3.8, 4) is 0 Å². The van der Waals surface area contributed by atoms with E-state index in [0.29, 0.717) is 0 Å². The average molecular weight is 210 g/mol. The van der Waals surface area contributed by atoms with Crippen LogP contribution in [-0.2, 0) is 0 Å². The molecule has 82 valence electrons. The molecule has 0 nitrogen and oxygen atoms in total. The summed E-state index contributed by atoms with van der Waals surface area (Å²) in [7, 11) is 0. The largest absolute Gasteiger partial charge is 0.0988 e. The highest BCUT2D eigenvalue weighted by Gasteiger charge is 1.93. The molecule has 0 fully saturated rings. The molecule has 0 heterocycles. The molecule has 0 radical (unpaired) electrons. The van der Waals surface area contributed by atoms with E-state index in [1.807, 2.05) is 31.2 Å². The second-order valence-corrected chi connectivity index (χ2v) is 3.74. The van der Waals surface area contributed by atoms with Crippen molar-refractivity contribution < 1.29 is 0 Å². The fourth-order valence-electron chi connectivity index (χ4n) is 1.43. The number of rotatable bonds is 4. The Hall–Kier alpha value is -1.82. The van der Waals surface area contributed by atoms with E-state index in [1.54, 1.807) is 0 Å². The molecule has 0 bridgehead atoms. The van der Waals surface area contributed by atoms with E-state index in [1.165, 1.54) is 11.1 Å². The summed E-state index contributed by atoms with van der Waals surface area (Å²) >= 11 is 0. The van der Waals surface area contributed by atoms with Gasteiger partial charge >= 0.3 is 0 Å². The summed E-state index contributed by atoms with van der Waals surface area (Å²) < 4.78 is 0. The van der Waals surface area contributed by atoms with Gasteiger partial charge in [-0.1, -0.05) is 61.7 Å². The highest BCUT2D eigenvalue weighted by molar-refractivity contribution is 5.58. The summed E-state index contributed by atoms with van der Waals surface area (Å²) in [6.45, 7) is 11.7. The van der Waals surface area contributed by atoms with Crippen LogP contribution in [0.5, 0.6) is 0 Å². The maximum Gasteiger partial charge on any atom is -0.0227 e. The van der Waals surface area contributed by atoms with E-state index < -0.39 is 0 Å². The highest BCUT2D eigenvalue weighted by Crippen LogP contribution is 2.13.